The topological polar surface area (TPSA) is 21.3 Å². The van der Waals surface area contributed by atoms with Gasteiger partial charge in [0.1, 0.15) is 5.75 Å². The van der Waals surface area contributed by atoms with Crippen molar-refractivity contribution in [2.75, 3.05) is 6.54 Å². The summed E-state index contributed by atoms with van der Waals surface area (Å²) in [4.78, 5) is 0. The molecule has 1 N–H and O–H groups in total. The summed E-state index contributed by atoms with van der Waals surface area (Å²) in [7, 11) is 0. The van der Waals surface area contributed by atoms with Crippen LogP contribution in [0.5, 0.6) is 5.75 Å². The van der Waals surface area contributed by atoms with E-state index in [1.54, 1.807) is 0 Å². The Bertz CT molecular complexity index is 413. The standard InChI is InChI=1S/C17H26BrNO/c1-13(2)11-19-12-14-10-16(8-9-17(14)18)20-15-6-4-3-5-7-15/h8-10,13,15,19H,3-7,11-12H2,1-2H3. The number of hydrogen-bond donors (Lipinski definition) is 1. The maximum absolute atomic E-state index is 6.13. The van der Waals surface area contributed by atoms with Gasteiger partial charge in [0, 0.05) is 11.0 Å². The normalized spacial score (nSPS) is 16.6. The fourth-order valence-corrected chi connectivity index (χ4v) is 3.02. The molecule has 0 aliphatic heterocycles. The Balaban J connectivity index is 1.92. The predicted molar refractivity (Wildman–Crippen MR) is 88.2 cm³/mol. The molecular weight excluding hydrogens is 314 g/mol. The summed E-state index contributed by atoms with van der Waals surface area (Å²) in [6.45, 7) is 6.39. The molecule has 112 valence electrons. The van der Waals surface area contributed by atoms with Gasteiger partial charge in [-0.15, -0.1) is 0 Å². The first-order valence-electron chi connectivity index (χ1n) is 7.81. The van der Waals surface area contributed by atoms with Crippen LogP contribution in [0, 0.1) is 5.92 Å². The van der Waals surface area contributed by atoms with E-state index < -0.39 is 0 Å². The van der Waals surface area contributed by atoms with Crippen LogP contribution < -0.4 is 10.1 Å². The van der Waals surface area contributed by atoms with E-state index in [9.17, 15) is 0 Å². The molecule has 20 heavy (non-hydrogen) atoms. The molecule has 1 aliphatic rings. The average Bonchev–Trinajstić information content (AvgIpc) is 2.43. The van der Waals surface area contributed by atoms with Gasteiger partial charge >= 0.3 is 0 Å². The van der Waals surface area contributed by atoms with E-state index in [2.05, 4.69) is 53.3 Å². The second-order valence-electron chi connectivity index (χ2n) is 6.16. The highest BCUT2D eigenvalue weighted by Crippen LogP contribution is 2.27. The first kappa shape index (κ1) is 15.8. The monoisotopic (exact) mass is 339 g/mol. The van der Waals surface area contributed by atoms with E-state index in [0.29, 0.717) is 12.0 Å². The maximum atomic E-state index is 6.13. The van der Waals surface area contributed by atoms with Gasteiger partial charge in [0.2, 0.25) is 0 Å². The van der Waals surface area contributed by atoms with Crippen molar-refractivity contribution in [3.05, 3.63) is 28.2 Å². The van der Waals surface area contributed by atoms with Gasteiger partial charge in [-0.1, -0.05) is 36.2 Å². The molecule has 0 aromatic heterocycles. The Kier molecular flexibility index (Phi) is 6.37. The molecule has 1 aliphatic carbocycles. The number of halogens is 1. The Morgan fingerprint density at radius 2 is 2.00 bits per heavy atom. The summed E-state index contributed by atoms with van der Waals surface area (Å²) in [6, 6.07) is 6.35. The quantitative estimate of drug-likeness (QED) is 0.795. The summed E-state index contributed by atoms with van der Waals surface area (Å²) in [6.07, 6.45) is 6.81. The summed E-state index contributed by atoms with van der Waals surface area (Å²) in [5.41, 5.74) is 1.28. The average molecular weight is 340 g/mol. The largest absolute Gasteiger partial charge is 0.490 e. The molecule has 0 spiro atoms. The van der Waals surface area contributed by atoms with Crippen LogP contribution in [-0.2, 0) is 6.54 Å². The summed E-state index contributed by atoms with van der Waals surface area (Å²) in [5, 5.41) is 3.49. The van der Waals surface area contributed by atoms with Crippen LogP contribution in [0.1, 0.15) is 51.5 Å². The minimum Gasteiger partial charge on any atom is -0.490 e. The van der Waals surface area contributed by atoms with Crippen molar-refractivity contribution in [2.45, 2.75) is 58.6 Å². The van der Waals surface area contributed by atoms with Gasteiger partial charge in [-0.05, 0) is 61.9 Å². The molecule has 0 bridgehead atoms. The molecule has 0 radical (unpaired) electrons. The van der Waals surface area contributed by atoms with Gasteiger partial charge in [-0.2, -0.15) is 0 Å². The van der Waals surface area contributed by atoms with Crippen molar-refractivity contribution in [3.63, 3.8) is 0 Å². The lowest BCUT2D eigenvalue weighted by Gasteiger charge is -2.23. The van der Waals surface area contributed by atoms with Crippen molar-refractivity contribution >= 4 is 15.9 Å². The molecule has 1 saturated carbocycles. The molecule has 2 nitrogen and oxygen atoms in total. The SMILES string of the molecule is CC(C)CNCc1cc(OC2CCCCC2)ccc1Br. The zero-order chi connectivity index (χ0) is 14.4. The molecule has 0 amide bonds. The van der Waals surface area contributed by atoms with Crippen LogP contribution in [0.2, 0.25) is 0 Å². The third-order valence-corrected chi connectivity index (χ3v) is 4.51. The molecule has 0 heterocycles. The van der Waals surface area contributed by atoms with Crippen molar-refractivity contribution in [3.8, 4) is 5.75 Å². The predicted octanol–water partition coefficient (Wildman–Crippen LogP) is 4.91. The van der Waals surface area contributed by atoms with Crippen LogP contribution in [0.15, 0.2) is 22.7 Å². The fourth-order valence-electron chi connectivity index (χ4n) is 2.63. The molecule has 3 heteroatoms. The van der Waals surface area contributed by atoms with Crippen molar-refractivity contribution in [1.82, 2.24) is 5.32 Å². The highest BCUT2D eigenvalue weighted by molar-refractivity contribution is 9.10. The first-order valence-corrected chi connectivity index (χ1v) is 8.60. The molecule has 1 fully saturated rings. The van der Waals surface area contributed by atoms with E-state index in [4.69, 9.17) is 4.74 Å². The van der Waals surface area contributed by atoms with Crippen molar-refractivity contribution < 1.29 is 4.74 Å². The molecule has 2 rings (SSSR count). The zero-order valence-corrected chi connectivity index (χ0v) is 14.2. The van der Waals surface area contributed by atoms with Crippen LogP contribution in [-0.4, -0.2) is 12.6 Å². The van der Waals surface area contributed by atoms with E-state index in [-0.39, 0.29) is 0 Å². The molecule has 0 unspecified atom stereocenters. The second-order valence-corrected chi connectivity index (χ2v) is 7.01. The van der Waals surface area contributed by atoms with Gasteiger partial charge in [0.25, 0.3) is 0 Å². The maximum Gasteiger partial charge on any atom is 0.120 e. The van der Waals surface area contributed by atoms with E-state index >= 15 is 0 Å². The van der Waals surface area contributed by atoms with Crippen LogP contribution in [0.25, 0.3) is 0 Å². The van der Waals surface area contributed by atoms with Crippen LogP contribution in [0.4, 0.5) is 0 Å². The number of benzene rings is 1. The molecule has 0 saturated heterocycles. The zero-order valence-electron chi connectivity index (χ0n) is 12.6. The number of nitrogens with one attached hydrogen (secondary N) is 1. The van der Waals surface area contributed by atoms with Gasteiger partial charge in [0.05, 0.1) is 6.10 Å². The minimum absolute atomic E-state index is 0.418. The Labute approximate surface area is 131 Å². The van der Waals surface area contributed by atoms with Crippen molar-refractivity contribution in [2.24, 2.45) is 5.92 Å². The van der Waals surface area contributed by atoms with Gasteiger partial charge in [0.15, 0.2) is 0 Å². The Morgan fingerprint density at radius 1 is 1.25 bits per heavy atom. The Hall–Kier alpha value is -0.540. The fraction of sp³-hybridized carbons (Fsp3) is 0.647. The smallest absolute Gasteiger partial charge is 0.120 e. The lowest BCUT2D eigenvalue weighted by atomic mass is 9.98. The van der Waals surface area contributed by atoms with Crippen LogP contribution >= 0.6 is 15.9 Å². The van der Waals surface area contributed by atoms with Crippen LogP contribution in [0.3, 0.4) is 0 Å². The lowest BCUT2D eigenvalue weighted by molar-refractivity contribution is 0.155. The number of ether oxygens (including phenoxy) is 1. The first-order chi connectivity index (χ1) is 9.65. The van der Waals surface area contributed by atoms with Gasteiger partial charge in [-0.3, -0.25) is 0 Å². The summed E-state index contributed by atoms with van der Waals surface area (Å²) >= 11 is 3.63. The summed E-state index contributed by atoms with van der Waals surface area (Å²) < 4.78 is 7.29. The highest BCUT2D eigenvalue weighted by Gasteiger charge is 2.15. The molecular formula is C17H26BrNO. The molecule has 0 atom stereocenters. The van der Waals surface area contributed by atoms with E-state index in [1.807, 2.05) is 0 Å². The molecule has 1 aromatic carbocycles. The second kappa shape index (κ2) is 8.04. The third kappa shape index (κ3) is 5.10. The highest BCUT2D eigenvalue weighted by atomic mass is 79.9. The van der Waals surface area contributed by atoms with Gasteiger partial charge < -0.3 is 10.1 Å². The Morgan fingerprint density at radius 3 is 2.70 bits per heavy atom. The van der Waals surface area contributed by atoms with E-state index in [1.165, 1.54) is 37.7 Å². The summed E-state index contributed by atoms with van der Waals surface area (Å²) in [5.74, 6) is 1.69. The third-order valence-electron chi connectivity index (χ3n) is 3.74. The van der Waals surface area contributed by atoms with Crippen molar-refractivity contribution in [1.29, 1.82) is 0 Å². The van der Waals surface area contributed by atoms with E-state index in [0.717, 1.165) is 23.3 Å². The molecule has 1 aromatic rings. The van der Waals surface area contributed by atoms with Gasteiger partial charge in [-0.25, -0.2) is 0 Å². The minimum atomic E-state index is 0.418. The lowest BCUT2D eigenvalue weighted by Crippen LogP contribution is -2.20. The number of hydrogen-bond acceptors (Lipinski definition) is 2. The number of rotatable bonds is 6.